The summed E-state index contributed by atoms with van der Waals surface area (Å²) in [5.41, 5.74) is 3.63. The molecule has 2 aliphatic rings. The normalized spacial score (nSPS) is 15.2. The van der Waals surface area contributed by atoms with E-state index in [1.54, 1.807) is 36.9 Å². The molecule has 202 valence electrons. The van der Waals surface area contributed by atoms with Gasteiger partial charge in [0.2, 0.25) is 0 Å². The molecule has 0 bridgehead atoms. The van der Waals surface area contributed by atoms with Crippen LogP contribution in [0.25, 0.3) is 33.1 Å². The van der Waals surface area contributed by atoms with Gasteiger partial charge in [0.25, 0.3) is 0 Å². The summed E-state index contributed by atoms with van der Waals surface area (Å²) in [6, 6.07) is 19.3. The molecular weight excluding hydrogens is 545 g/mol. The minimum atomic E-state index is -4.29. The summed E-state index contributed by atoms with van der Waals surface area (Å²) in [6.45, 7) is -0.118. The fourth-order valence-corrected chi connectivity index (χ4v) is 7.99. The van der Waals surface area contributed by atoms with Crippen molar-refractivity contribution in [2.45, 2.75) is 26.7 Å². The Bertz CT molecular complexity index is 1900. The monoisotopic (exact) mass is 572 g/mol. The fraction of sp³-hybridized carbons (Fsp3) is 0.194. The maximum Gasteiger partial charge on any atom is 0.738 e. The Morgan fingerprint density at radius 3 is 2.10 bits per heavy atom. The van der Waals surface area contributed by atoms with E-state index < -0.39 is 6.97 Å². The van der Waals surface area contributed by atoms with Gasteiger partial charge in [0.05, 0.1) is 30.2 Å². The first-order valence-corrected chi connectivity index (χ1v) is 15.0. The standard InChI is InChI=1S/C31H27BF2N2O2S2/c1-5-20-9-13-28(39-20)30-24-15-18(37-3)7-11-22(24)26-17-27-23-12-8-19(38-4)16-25(23)31(29-14-10-21(6-2)40-29)36(27)32(33,34)35(26)30/h7-17H,5-6H2,1-4H3. The number of ether oxygens (including phenoxy) is 2. The second-order valence-electron chi connectivity index (χ2n) is 10.0. The Hall–Kier alpha value is -3.69. The molecule has 2 aromatic carbocycles. The maximum absolute atomic E-state index is 17.4. The Morgan fingerprint density at radius 2 is 1.43 bits per heavy atom. The van der Waals surface area contributed by atoms with Crippen LogP contribution in [0.15, 0.2) is 60.7 Å². The quantitative estimate of drug-likeness (QED) is 0.192. The number of benzene rings is 2. The first kappa shape index (κ1) is 25.3. The average Bonchev–Trinajstić information content (AvgIpc) is 3.75. The highest BCUT2D eigenvalue weighted by molar-refractivity contribution is 7.15. The van der Waals surface area contributed by atoms with Crippen molar-refractivity contribution >= 4 is 57.9 Å². The molecule has 0 spiro atoms. The number of rotatable bonds is 6. The van der Waals surface area contributed by atoms with Gasteiger partial charge in [-0.1, -0.05) is 13.8 Å². The zero-order valence-corrected chi connectivity index (χ0v) is 24.3. The van der Waals surface area contributed by atoms with E-state index in [0.29, 0.717) is 34.3 Å². The molecule has 3 aromatic heterocycles. The first-order chi connectivity index (χ1) is 19.4. The lowest BCUT2D eigenvalue weighted by Crippen LogP contribution is -2.50. The first-order valence-electron chi connectivity index (χ1n) is 13.4. The van der Waals surface area contributed by atoms with Crippen LogP contribution in [-0.4, -0.2) is 35.9 Å². The van der Waals surface area contributed by atoms with Crippen LogP contribution in [0.5, 0.6) is 11.5 Å². The Labute approximate surface area is 239 Å². The molecule has 7 rings (SSSR count). The van der Waals surface area contributed by atoms with Gasteiger partial charge in [0, 0.05) is 42.9 Å². The van der Waals surface area contributed by atoms with Gasteiger partial charge >= 0.3 is 6.97 Å². The summed E-state index contributed by atoms with van der Waals surface area (Å²) < 4.78 is 48.5. The SMILES string of the molecule is CCc1ccc(C2=[N+]3C(=Cc4c5ccc(OC)cc5c(-c5ccc(CC)s5)n4[B-]3(F)F)c3ccc(OC)cc32)s1. The van der Waals surface area contributed by atoms with Gasteiger partial charge in [-0.25, -0.2) is 0 Å². The molecule has 9 heteroatoms. The van der Waals surface area contributed by atoms with Crippen LogP contribution in [0.3, 0.4) is 0 Å². The molecule has 0 saturated heterocycles. The number of hydrogen-bond donors (Lipinski definition) is 0. The van der Waals surface area contributed by atoms with Gasteiger partial charge in [-0.3, -0.25) is 0 Å². The third kappa shape index (κ3) is 3.50. The molecule has 0 radical (unpaired) electrons. The van der Waals surface area contributed by atoms with E-state index in [2.05, 4.69) is 13.8 Å². The molecule has 0 saturated carbocycles. The Kier molecular flexibility index (Phi) is 5.80. The average molecular weight is 573 g/mol. The van der Waals surface area contributed by atoms with E-state index >= 15 is 8.63 Å². The van der Waals surface area contributed by atoms with Gasteiger partial charge in [0.1, 0.15) is 11.5 Å². The molecule has 0 amide bonds. The van der Waals surface area contributed by atoms with Gasteiger partial charge in [-0.05, 0) is 73.5 Å². The van der Waals surface area contributed by atoms with E-state index in [1.807, 2.05) is 66.7 Å². The summed E-state index contributed by atoms with van der Waals surface area (Å²) in [5, 5.41) is 1.54. The summed E-state index contributed by atoms with van der Waals surface area (Å²) in [6.07, 6.45) is 3.63. The molecule has 0 aliphatic carbocycles. The second kappa shape index (κ2) is 9.18. The van der Waals surface area contributed by atoms with Crippen molar-refractivity contribution < 1.29 is 22.6 Å². The number of hydrogen-bond acceptors (Lipinski definition) is 4. The number of nitrogens with zero attached hydrogens (tertiary/aromatic N) is 2. The molecule has 40 heavy (non-hydrogen) atoms. The van der Waals surface area contributed by atoms with Gasteiger partial charge in [-0.15, -0.1) is 22.7 Å². The van der Waals surface area contributed by atoms with E-state index in [-0.39, 0.29) is 0 Å². The van der Waals surface area contributed by atoms with Crippen LogP contribution < -0.4 is 9.47 Å². The lowest BCUT2D eigenvalue weighted by Gasteiger charge is -2.30. The van der Waals surface area contributed by atoms with Gasteiger partial charge in [0.15, 0.2) is 11.4 Å². The summed E-state index contributed by atoms with van der Waals surface area (Å²) in [7, 11) is 3.21. The number of fused-ring (bicyclic) bond motifs is 6. The molecule has 5 aromatic rings. The zero-order chi connectivity index (χ0) is 27.8. The van der Waals surface area contributed by atoms with Gasteiger partial charge in [-0.2, -0.15) is 0 Å². The van der Waals surface area contributed by atoms with Crippen molar-refractivity contribution in [1.29, 1.82) is 0 Å². The summed E-state index contributed by atoms with van der Waals surface area (Å²) in [5.74, 6) is 1.28. The molecule has 4 nitrogen and oxygen atoms in total. The Balaban J connectivity index is 1.60. The third-order valence-electron chi connectivity index (χ3n) is 7.90. The van der Waals surface area contributed by atoms with Crippen molar-refractivity contribution in [3.8, 4) is 22.1 Å². The highest BCUT2D eigenvalue weighted by Gasteiger charge is 2.56. The highest BCUT2D eigenvalue weighted by Crippen LogP contribution is 2.48. The largest absolute Gasteiger partial charge is 0.738 e. The van der Waals surface area contributed by atoms with Crippen LogP contribution in [0.1, 0.15) is 45.3 Å². The van der Waals surface area contributed by atoms with Crippen molar-refractivity contribution in [2.75, 3.05) is 14.2 Å². The molecule has 0 unspecified atom stereocenters. The van der Waals surface area contributed by atoms with E-state index in [0.717, 1.165) is 54.2 Å². The van der Waals surface area contributed by atoms with E-state index in [4.69, 9.17) is 9.47 Å². The molecule has 5 heterocycles. The van der Waals surface area contributed by atoms with Crippen LogP contribution in [0.4, 0.5) is 8.63 Å². The van der Waals surface area contributed by atoms with Gasteiger partial charge < -0.3 is 27.1 Å². The molecule has 0 fully saturated rings. The lowest BCUT2D eigenvalue weighted by atomic mass is 9.89. The van der Waals surface area contributed by atoms with Crippen molar-refractivity contribution in [1.82, 2.24) is 4.48 Å². The minimum absolute atomic E-state index is 0.513. The molecule has 0 N–H and O–H groups in total. The third-order valence-corrected chi connectivity index (χ3v) is 10.4. The number of methoxy groups -OCH3 is 2. The maximum atomic E-state index is 17.4. The van der Waals surface area contributed by atoms with E-state index in [1.165, 1.54) is 8.96 Å². The van der Waals surface area contributed by atoms with Crippen molar-refractivity contribution in [3.05, 3.63) is 92.1 Å². The smallest absolute Gasteiger partial charge is 0.497 e. The molecule has 0 atom stereocenters. The minimum Gasteiger partial charge on any atom is -0.497 e. The number of aromatic nitrogens is 1. The topological polar surface area (TPSA) is 26.4 Å². The van der Waals surface area contributed by atoms with Crippen LogP contribution in [-0.2, 0) is 12.8 Å². The lowest BCUT2D eigenvalue weighted by molar-refractivity contribution is -0.316. The van der Waals surface area contributed by atoms with Crippen molar-refractivity contribution in [3.63, 3.8) is 0 Å². The van der Waals surface area contributed by atoms with Crippen LogP contribution >= 0.6 is 22.7 Å². The predicted molar refractivity (Wildman–Crippen MR) is 163 cm³/mol. The second-order valence-corrected chi connectivity index (χ2v) is 12.3. The highest BCUT2D eigenvalue weighted by atomic mass is 32.1. The summed E-state index contributed by atoms with van der Waals surface area (Å²) >= 11 is 3.14. The fourth-order valence-electron chi connectivity index (χ4n) is 5.98. The summed E-state index contributed by atoms with van der Waals surface area (Å²) in [4.78, 5) is 3.96. The van der Waals surface area contributed by atoms with Crippen LogP contribution in [0, 0.1) is 0 Å². The number of halogens is 2. The Morgan fingerprint density at radius 1 is 0.775 bits per heavy atom. The van der Waals surface area contributed by atoms with E-state index in [9.17, 15) is 0 Å². The predicted octanol–water partition coefficient (Wildman–Crippen LogP) is 8.17. The molecular formula is C31H27BF2N2O2S2. The van der Waals surface area contributed by atoms with Crippen LogP contribution in [0.2, 0.25) is 0 Å². The number of thiophene rings is 2. The van der Waals surface area contributed by atoms with Crippen molar-refractivity contribution in [2.24, 2.45) is 0 Å². The molecule has 2 aliphatic heterocycles. The number of aryl methyl sites for hydroxylation is 2. The zero-order valence-electron chi connectivity index (χ0n) is 22.6.